The normalized spacial score (nSPS) is 10.7. The van der Waals surface area contributed by atoms with E-state index in [1.165, 1.54) is 19.2 Å². The quantitative estimate of drug-likeness (QED) is 0.761. The summed E-state index contributed by atoms with van der Waals surface area (Å²) in [7, 11) is 1.40. The van der Waals surface area contributed by atoms with Crippen LogP contribution in [0.5, 0.6) is 5.75 Å². The Bertz CT molecular complexity index is 876. The molecule has 0 saturated heterocycles. The second kappa shape index (κ2) is 6.30. The van der Waals surface area contributed by atoms with Gasteiger partial charge in [-0.15, -0.1) is 0 Å². The first kappa shape index (κ1) is 15.4. The van der Waals surface area contributed by atoms with Crippen LogP contribution in [0.25, 0.3) is 10.9 Å². The lowest BCUT2D eigenvalue weighted by atomic mass is 10.2. The fourth-order valence-electron chi connectivity index (χ4n) is 2.32. The highest BCUT2D eigenvalue weighted by molar-refractivity contribution is 6.31. The third kappa shape index (κ3) is 3.29. The number of halogens is 2. The lowest BCUT2D eigenvalue weighted by Crippen LogP contribution is -2.23. The van der Waals surface area contributed by atoms with Crippen LogP contribution < -0.4 is 10.1 Å². The maximum Gasteiger partial charge on any atom is 0.267 e. The Hall–Kier alpha value is -2.53. The van der Waals surface area contributed by atoms with E-state index in [1.807, 2.05) is 6.07 Å². The van der Waals surface area contributed by atoms with Gasteiger partial charge in [-0.1, -0.05) is 23.7 Å². The van der Waals surface area contributed by atoms with E-state index in [4.69, 9.17) is 16.3 Å². The number of nitrogens with one attached hydrogen (secondary N) is 2. The van der Waals surface area contributed by atoms with Crippen LogP contribution in [0.1, 0.15) is 16.1 Å². The van der Waals surface area contributed by atoms with Crippen molar-refractivity contribution in [1.29, 1.82) is 0 Å². The Kier molecular flexibility index (Phi) is 4.21. The standard InChI is InChI=1S/C17H14ClFN2O2/c1-23-16-5-2-10(6-13(16)19)9-20-17(22)15-7-11-3-4-12(18)8-14(11)21-15/h2-8,21H,9H2,1H3,(H,20,22). The van der Waals surface area contributed by atoms with Gasteiger partial charge < -0.3 is 15.0 Å². The molecule has 0 unspecified atom stereocenters. The van der Waals surface area contributed by atoms with Gasteiger partial charge in [0.2, 0.25) is 0 Å². The molecular formula is C17H14ClFN2O2. The fraction of sp³-hybridized carbons (Fsp3) is 0.118. The van der Waals surface area contributed by atoms with Crippen molar-refractivity contribution in [1.82, 2.24) is 10.3 Å². The maximum atomic E-state index is 13.6. The number of hydrogen-bond donors (Lipinski definition) is 2. The fourth-order valence-corrected chi connectivity index (χ4v) is 2.49. The lowest BCUT2D eigenvalue weighted by molar-refractivity contribution is 0.0946. The van der Waals surface area contributed by atoms with Crippen LogP contribution in [-0.2, 0) is 6.54 Å². The van der Waals surface area contributed by atoms with Crippen molar-refractivity contribution < 1.29 is 13.9 Å². The number of aromatic amines is 1. The molecule has 0 fully saturated rings. The first-order chi connectivity index (χ1) is 11.1. The summed E-state index contributed by atoms with van der Waals surface area (Å²) in [5.74, 6) is -0.555. The number of ether oxygens (including phenoxy) is 1. The van der Waals surface area contributed by atoms with Gasteiger partial charge in [-0.05, 0) is 35.9 Å². The zero-order valence-electron chi connectivity index (χ0n) is 12.3. The van der Waals surface area contributed by atoms with Crippen molar-refractivity contribution in [3.8, 4) is 5.75 Å². The molecule has 6 heteroatoms. The van der Waals surface area contributed by atoms with Gasteiger partial charge in [-0.3, -0.25) is 4.79 Å². The van der Waals surface area contributed by atoms with Crippen molar-refractivity contribution in [2.24, 2.45) is 0 Å². The Morgan fingerprint density at radius 1 is 1.26 bits per heavy atom. The van der Waals surface area contributed by atoms with E-state index >= 15 is 0 Å². The van der Waals surface area contributed by atoms with E-state index in [0.717, 1.165) is 10.9 Å². The number of carbonyl (C=O) groups is 1. The number of hydrogen-bond acceptors (Lipinski definition) is 2. The minimum atomic E-state index is -0.459. The molecule has 1 amide bonds. The first-order valence-corrected chi connectivity index (χ1v) is 7.33. The molecular weight excluding hydrogens is 319 g/mol. The number of fused-ring (bicyclic) bond motifs is 1. The van der Waals surface area contributed by atoms with E-state index < -0.39 is 5.82 Å². The monoisotopic (exact) mass is 332 g/mol. The van der Waals surface area contributed by atoms with Crippen LogP contribution >= 0.6 is 11.6 Å². The highest BCUT2D eigenvalue weighted by Crippen LogP contribution is 2.20. The summed E-state index contributed by atoms with van der Waals surface area (Å²) in [5, 5.41) is 4.24. The van der Waals surface area contributed by atoms with Gasteiger partial charge in [0.05, 0.1) is 7.11 Å². The van der Waals surface area contributed by atoms with Crippen molar-refractivity contribution in [2.45, 2.75) is 6.54 Å². The number of rotatable bonds is 4. The van der Waals surface area contributed by atoms with Gasteiger partial charge in [0.1, 0.15) is 5.69 Å². The maximum absolute atomic E-state index is 13.6. The number of aromatic nitrogens is 1. The summed E-state index contributed by atoms with van der Waals surface area (Å²) in [6, 6.07) is 11.7. The summed E-state index contributed by atoms with van der Waals surface area (Å²) in [6.45, 7) is 0.218. The molecule has 0 atom stereocenters. The molecule has 23 heavy (non-hydrogen) atoms. The predicted octanol–water partition coefficient (Wildman–Crippen LogP) is 3.90. The minimum Gasteiger partial charge on any atom is -0.494 e. The molecule has 2 N–H and O–H groups in total. The van der Waals surface area contributed by atoms with Crippen LogP contribution in [0.15, 0.2) is 42.5 Å². The van der Waals surface area contributed by atoms with Crippen LogP contribution in [0.2, 0.25) is 5.02 Å². The molecule has 1 aromatic heterocycles. The number of amides is 1. The van der Waals surface area contributed by atoms with Gasteiger partial charge in [0, 0.05) is 22.5 Å². The van der Waals surface area contributed by atoms with Gasteiger partial charge in [0.15, 0.2) is 11.6 Å². The average molecular weight is 333 g/mol. The Labute approximate surface area is 137 Å². The van der Waals surface area contributed by atoms with Crippen LogP contribution in [0.3, 0.4) is 0 Å². The molecule has 4 nitrogen and oxygen atoms in total. The summed E-state index contributed by atoms with van der Waals surface area (Å²) in [6.07, 6.45) is 0. The number of carbonyl (C=O) groups excluding carboxylic acids is 1. The second-order valence-corrected chi connectivity index (χ2v) is 5.50. The third-order valence-corrected chi connectivity index (χ3v) is 3.73. The van der Waals surface area contributed by atoms with Gasteiger partial charge in [0.25, 0.3) is 5.91 Å². The first-order valence-electron chi connectivity index (χ1n) is 6.95. The molecule has 0 radical (unpaired) electrons. The molecule has 1 heterocycles. The van der Waals surface area contributed by atoms with E-state index in [2.05, 4.69) is 10.3 Å². The van der Waals surface area contributed by atoms with E-state index in [9.17, 15) is 9.18 Å². The van der Waals surface area contributed by atoms with E-state index in [0.29, 0.717) is 16.3 Å². The Balaban J connectivity index is 1.72. The second-order valence-electron chi connectivity index (χ2n) is 5.07. The van der Waals surface area contributed by atoms with Crippen molar-refractivity contribution in [3.63, 3.8) is 0 Å². The molecule has 0 aliphatic carbocycles. The van der Waals surface area contributed by atoms with Gasteiger partial charge >= 0.3 is 0 Å². The van der Waals surface area contributed by atoms with Crippen molar-refractivity contribution >= 4 is 28.4 Å². The highest BCUT2D eigenvalue weighted by atomic mass is 35.5. The minimum absolute atomic E-state index is 0.174. The van der Waals surface area contributed by atoms with Gasteiger partial charge in [-0.25, -0.2) is 4.39 Å². The molecule has 0 aliphatic heterocycles. The number of benzene rings is 2. The molecule has 2 aromatic carbocycles. The average Bonchev–Trinajstić information content (AvgIpc) is 2.95. The molecule has 0 bridgehead atoms. The smallest absolute Gasteiger partial charge is 0.267 e. The SMILES string of the molecule is COc1ccc(CNC(=O)c2cc3ccc(Cl)cc3[nH]2)cc1F. The summed E-state index contributed by atoms with van der Waals surface area (Å²) >= 11 is 5.92. The summed E-state index contributed by atoms with van der Waals surface area (Å²) in [4.78, 5) is 15.2. The number of H-pyrrole nitrogens is 1. The van der Waals surface area contributed by atoms with E-state index in [-0.39, 0.29) is 18.2 Å². The van der Waals surface area contributed by atoms with Crippen LogP contribution in [0.4, 0.5) is 4.39 Å². The predicted molar refractivity (Wildman–Crippen MR) is 87.4 cm³/mol. The molecule has 0 aliphatic rings. The van der Waals surface area contributed by atoms with Crippen LogP contribution in [-0.4, -0.2) is 18.0 Å². The van der Waals surface area contributed by atoms with Crippen molar-refractivity contribution in [3.05, 3.63) is 64.6 Å². The van der Waals surface area contributed by atoms with Crippen LogP contribution in [0, 0.1) is 5.82 Å². The molecule has 0 saturated carbocycles. The Morgan fingerprint density at radius 2 is 2.09 bits per heavy atom. The molecule has 3 rings (SSSR count). The molecule has 3 aromatic rings. The van der Waals surface area contributed by atoms with Gasteiger partial charge in [-0.2, -0.15) is 0 Å². The lowest BCUT2D eigenvalue weighted by Gasteiger charge is -2.06. The largest absolute Gasteiger partial charge is 0.494 e. The zero-order chi connectivity index (χ0) is 16.4. The molecule has 118 valence electrons. The topological polar surface area (TPSA) is 54.1 Å². The third-order valence-electron chi connectivity index (χ3n) is 3.50. The summed E-state index contributed by atoms with van der Waals surface area (Å²) < 4.78 is 18.5. The summed E-state index contributed by atoms with van der Waals surface area (Å²) in [5.41, 5.74) is 1.87. The number of methoxy groups -OCH3 is 1. The Morgan fingerprint density at radius 3 is 2.83 bits per heavy atom. The van der Waals surface area contributed by atoms with Crippen molar-refractivity contribution in [2.75, 3.05) is 7.11 Å². The highest BCUT2D eigenvalue weighted by Gasteiger charge is 2.10. The molecule has 0 spiro atoms. The zero-order valence-corrected chi connectivity index (χ0v) is 13.1. The van der Waals surface area contributed by atoms with E-state index in [1.54, 1.807) is 24.3 Å².